The zero-order valence-electron chi connectivity index (χ0n) is 10.7. The maximum Gasteiger partial charge on any atom is 0.222 e. The van der Waals surface area contributed by atoms with Gasteiger partial charge >= 0.3 is 0 Å². The van der Waals surface area contributed by atoms with E-state index in [1.165, 1.54) is 19.3 Å². The van der Waals surface area contributed by atoms with Crippen molar-refractivity contribution in [2.24, 2.45) is 0 Å². The van der Waals surface area contributed by atoms with Crippen LogP contribution < -0.4 is 10.5 Å². The van der Waals surface area contributed by atoms with E-state index in [4.69, 9.17) is 10.5 Å². The Hall–Kier alpha value is -1.32. The van der Waals surface area contributed by atoms with E-state index in [1.807, 2.05) is 13.8 Å². The number of aromatic nitrogens is 2. The van der Waals surface area contributed by atoms with Crippen LogP contribution in [-0.2, 0) is 6.42 Å². The zero-order chi connectivity index (χ0) is 12.3. The van der Waals surface area contributed by atoms with Gasteiger partial charge in [-0.25, -0.2) is 4.98 Å². The van der Waals surface area contributed by atoms with Crippen molar-refractivity contribution in [2.75, 3.05) is 5.73 Å². The minimum Gasteiger partial charge on any atom is -0.474 e. The Balaban J connectivity index is 2.15. The third kappa shape index (κ3) is 2.87. The Morgan fingerprint density at radius 2 is 1.94 bits per heavy atom. The van der Waals surface area contributed by atoms with Crippen LogP contribution in [0.3, 0.4) is 0 Å². The zero-order valence-corrected chi connectivity index (χ0v) is 10.7. The smallest absolute Gasteiger partial charge is 0.222 e. The average Bonchev–Trinajstić information content (AvgIpc) is 2.36. The molecule has 2 N–H and O–H groups in total. The molecule has 94 valence electrons. The predicted molar refractivity (Wildman–Crippen MR) is 68.1 cm³/mol. The summed E-state index contributed by atoms with van der Waals surface area (Å²) in [5.74, 6) is 1.99. The predicted octanol–water partition coefficient (Wildman–Crippen LogP) is 2.64. The van der Waals surface area contributed by atoms with Gasteiger partial charge < -0.3 is 10.5 Å². The first-order valence-electron chi connectivity index (χ1n) is 6.50. The second-order valence-corrected chi connectivity index (χ2v) is 4.69. The Kier molecular flexibility index (Phi) is 3.82. The fraction of sp³-hybridized carbons (Fsp3) is 0.692. The molecule has 4 heteroatoms. The topological polar surface area (TPSA) is 61.0 Å². The van der Waals surface area contributed by atoms with Crippen LogP contribution >= 0.6 is 0 Å². The molecule has 1 aromatic rings. The standard InChI is InChI=1S/C13H21N3O/c1-3-11-15-12(14)9(2)13(16-11)17-10-7-5-4-6-8-10/h10H,3-8H2,1-2H3,(H2,14,15,16). The second kappa shape index (κ2) is 5.34. The summed E-state index contributed by atoms with van der Waals surface area (Å²) in [6, 6.07) is 0. The van der Waals surface area contributed by atoms with E-state index in [0.29, 0.717) is 17.8 Å². The molecule has 1 aliphatic carbocycles. The molecule has 1 aromatic heterocycles. The molecule has 0 atom stereocenters. The lowest BCUT2D eigenvalue weighted by Gasteiger charge is -2.23. The number of nitrogen functional groups attached to an aromatic ring is 1. The summed E-state index contributed by atoms with van der Waals surface area (Å²) in [4.78, 5) is 8.66. The summed E-state index contributed by atoms with van der Waals surface area (Å²) in [5, 5.41) is 0. The van der Waals surface area contributed by atoms with E-state index in [9.17, 15) is 0 Å². The molecule has 0 radical (unpaired) electrons. The van der Waals surface area contributed by atoms with Crippen molar-refractivity contribution in [2.45, 2.75) is 58.5 Å². The van der Waals surface area contributed by atoms with Crippen LogP contribution in [-0.4, -0.2) is 16.1 Å². The molecular weight excluding hydrogens is 214 g/mol. The van der Waals surface area contributed by atoms with E-state index >= 15 is 0 Å². The summed E-state index contributed by atoms with van der Waals surface area (Å²) < 4.78 is 5.98. The van der Waals surface area contributed by atoms with Crippen LogP contribution in [0, 0.1) is 6.92 Å². The number of nitrogens with zero attached hydrogens (tertiary/aromatic N) is 2. The molecule has 1 fully saturated rings. The third-order valence-electron chi connectivity index (χ3n) is 3.33. The molecule has 0 unspecified atom stereocenters. The summed E-state index contributed by atoms with van der Waals surface area (Å²) in [6.07, 6.45) is 7.18. The fourth-order valence-electron chi connectivity index (χ4n) is 2.17. The molecule has 0 amide bonds. The summed E-state index contributed by atoms with van der Waals surface area (Å²) in [7, 11) is 0. The normalized spacial score (nSPS) is 17.1. The van der Waals surface area contributed by atoms with Crippen molar-refractivity contribution in [3.05, 3.63) is 11.4 Å². The number of hydrogen-bond donors (Lipinski definition) is 1. The first-order valence-corrected chi connectivity index (χ1v) is 6.50. The van der Waals surface area contributed by atoms with E-state index in [2.05, 4.69) is 9.97 Å². The maximum atomic E-state index is 5.98. The van der Waals surface area contributed by atoms with Gasteiger partial charge in [0.05, 0.1) is 5.56 Å². The van der Waals surface area contributed by atoms with Crippen LogP contribution in [0.1, 0.15) is 50.4 Å². The summed E-state index contributed by atoms with van der Waals surface area (Å²) in [5.41, 5.74) is 6.74. The van der Waals surface area contributed by atoms with Crippen LogP contribution in [0.2, 0.25) is 0 Å². The molecule has 0 saturated heterocycles. The van der Waals surface area contributed by atoms with Gasteiger partial charge in [-0.2, -0.15) is 4.98 Å². The largest absolute Gasteiger partial charge is 0.474 e. The molecule has 17 heavy (non-hydrogen) atoms. The van der Waals surface area contributed by atoms with Crippen molar-refractivity contribution < 1.29 is 4.74 Å². The number of aryl methyl sites for hydroxylation is 1. The van der Waals surface area contributed by atoms with Crippen molar-refractivity contribution in [3.63, 3.8) is 0 Å². The van der Waals surface area contributed by atoms with Gasteiger partial charge in [0, 0.05) is 6.42 Å². The van der Waals surface area contributed by atoms with E-state index in [0.717, 1.165) is 30.7 Å². The Labute approximate surface area is 103 Å². The molecule has 0 bridgehead atoms. The summed E-state index contributed by atoms with van der Waals surface area (Å²) in [6.45, 7) is 3.95. The van der Waals surface area contributed by atoms with Crippen molar-refractivity contribution >= 4 is 5.82 Å². The third-order valence-corrected chi connectivity index (χ3v) is 3.33. The number of ether oxygens (including phenoxy) is 1. The van der Waals surface area contributed by atoms with Gasteiger partial charge in [-0.1, -0.05) is 13.3 Å². The van der Waals surface area contributed by atoms with Crippen LogP contribution in [0.4, 0.5) is 5.82 Å². The van der Waals surface area contributed by atoms with Gasteiger partial charge in [0.15, 0.2) is 0 Å². The lowest BCUT2D eigenvalue weighted by atomic mass is 9.98. The first kappa shape index (κ1) is 12.1. The summed E-state index contributed by atoms with van der Waals surface area (Å²) >= 11 is 0. The first-order chi connectivity index (χ1) is 8.20. The molecule has 2 rings (SSSR count). The van der Waals surface area contributed by atoms with Gasteiger partial charge in [-0.3, -0.25) is 0 Å². The number of anilines is 1. The van der Waals surface area contributed by atoms with Gasteiger partial charge in [0.25, 0.3) is 0 Å². The minimum absolute atomic E-state index is 0.307. The van der Waals surface area contributed by atoms with E-state index in [-0.39, 0.29) is 0 Å². The lowest BCUT2D eigenvalue weighted by molar-refractivity contribution is 0.147. The maximum absolute atomic E-state index is 5.98. The average molecular weight is 235 g/mol. The van der Waals surface area contributed by atoms with Crippen LogP contribution in [0.5, 0.6) is 5.88 Å². The van der Waals surface area contributed by atoms with E-state index in [1.54, 1.807) is 0 Å². The van der Waals surface area contributed by atoms with Gasteiger partial charge in [0.2, 0.25) is 5.88 Å². The fourth-order valence-corrected chi connectivity index (χ4v) is 2.17. The molecule has 1 saturated carbocycles. The number of hydrogen-bond acceptors (Lipinski definition) is 4. The van der Waals surface area contributed by atoms with Crippen molar-refractivity contribution in [1.82, 2.24) is 9.97 Å². The van der Waals surface area contributed by atoms with Crippen molar-refractivity contribution in [1.29, 1.82) is 0 Å². The SMILES string of the molecule is CCc1nc(N)c(C)c(OC2CCCCC2)n1. The number of rotatable bonds is 3. The Bertz CT molecular complexity index is 386. The molecule has 4 nitrogen and oxygen atoms in total. The van der Waals surface area contributed by atoms with Gasteiger partial charge in [-0.05, 0) is 32.6 Å². The minimum atomic E-state index is 0.307. The van der Waals surface area contributed by atoms with Crippen LogP contribution in [0.15, 0.2) is 0 Å². The highest BCUT2D eigenvalue weighted by Gasteiger charge is 2.18. The van der Waals surface area contributed by atoms with Gasteiger partial charge in [-0.15, -0.1) is 0 Å². The Morgan fingerprint density at radius 3 is 2.59 bits per heavy atom. The second-order valence-electron chi connectivity index (χ2n) is 4.69. The van der Waals surface area contributed by atoms with E-state index < -0.39 is 0 Å². The van der Waals surface area contributed by atoms with Crippen LogP contribution in [0.25, 0.3) is 0 Å². The molecule has 1 heterocycles. The Morgan fingerprint density at radius 1 is 1.24 bits per heavy atom. The molecule has 0 aliphatic heterocycles. The molecule has 0 spiro atoms. The van der Waals surface area contributed by atoms with Gasteiger partial charge in [0.1, 0.15) is 17.7 Å². The highest BCUT2D eigenvalue weighted by atomic mass is 16.5. The molecule has 1 aliphatic rings. The molecular formula is C13H21N3O. The monoisotopic (exact) mass is 235 g/mol. The molecule has 0 aromatic carbocycles. The quantitative estimate of drug-likeness (QED) is 0.875. The highest BCUT2D eigenvalue weighted by molar-refractivity contribution is 5.44. The lowest BCUT2D eigenvalue weighted by Crippen LogP contribution is -2.21. The number of nitrogens with two attached hydrogens (primary N) is 1. The highest BCUT2D eigenvalue weighted by Crippen LogP contribution is 2.26. The van der Waals surface area contributed by atoms with Crippen molar-refractivity contribution in [3.8, 4) is 5.88 Å².